The molecular formula is C22H25FN4. The Morgan fingerprint density at radius 1 is 1.22 bits per heavy atom. The fraction of sp³-hybridized carbons (Fsp3) is 0.364. The second kappa shape index (κ2) is 7.61. The molecule has 0 bridgehead atoms. The Balaban J connectivity index is 1.81. The maximum atomic E-state index is 14.3. The van der Waals surface area contributed by atoms with Gasteiger partial charge in [0.05, 0.1) is 5.69 Å². The molecule has 0 radical (unpaired) electrons. The molecule has 0 amide bonds. The number of pyridine rings is 1. The summed E-state index contributed by atoms with van der Waals surface area (Å²) in [6.07, 6.45) is 3.74. The highest BCUT2D eigenvalue weighted by Crippen LogP contribution is 2.37. The first-order chi connectivity index (χ1) is 13.2. The van der Waals surface area contributed by atoms with Gasteiger partial charge in [0.2, 0.25) is 0 Å². The van der Waals surface area contributed by atoms with Crippen LogP contribution in [0.15, 0.2) is 36.4 Å². The smallest absolute Gasteiger partial charge is 0.126 e. The van der Waals surface area contributed by atoms with E-state index < -0.39 is 0 Å². The summed E-state index contributed by atoms with van der Waals surface area (Å²) in [7, 11) is 1.92. The topological polar surface area (TPSA) is 42.7 Å². The van der Waals surface area contributed by atoms with Crippen molar-refractivity contribution in [2.45, 2.75) is 39.2 Å². The minimum Gasteiger partial charge on any atom is -0.320 e. The fourth-order valence-electron chi connectivity index (χ4n) is 3.87. The Labute approximate surface area is 159 Å². The average Bonchev–Trinajstić information content (AvgIpc) is 3.25. The van der Waals surface area contributed by atoms with Gasteiger partial charge in [-0.1, -0.05) is 12.1 Å². The van der Waals surface area contributed by atoms with Crippen molar-refractivity contribution in [3.63, 3.8) is 0 Å². The van der Waals surface area contributed by atoms with E-state index in [1.54, 1.807) is 6.07 Å². The van der Waals surface area contributed by atoms with Gasteiger partial charge in [0.1, 0.15) is 11.5 Å². The molecule has 4 nitrogen and oxygen atoms in total. The minimum atomic E-state index is -0.131. The Kier molecular flexibility index (Phi) is 5.03. The third kappa shape index (κ3) is 3.52. The molecule has 3 heterocycles. The molecule has 0 fully saturated rings. The first kappa shape index (κ1) is 17.9. The summed E-state index contributed by atoms with van der Waals surface area (Å²) in [6, 6.07) is 11.5. The molecule has 140 valence electrons. The zero-order valence-corrected chi connectivity index (χ0v) is 15.9. The largest absolute Gasteiger partial charge is 0.320 e. The van der Waals surface area contributed by atoms with E-state index in [-0.39, 0.29) is 5.82 Å². The minimum absolute atomic E-state index is 0.131. The molecule has 3 aromatic rings. The molecular weight excluding hydrogens is 339 g/mol. The fourth-order valence-corrected chi connectivity index (χ4v) is 3.87. The number of hydrogen-bond acceptors (Lipinski definition) is 3. The van der Waals surface area contributed by atoms with Crippen molar-refractivity contribution in [3.05, 3.63) is 59.2 Å². The van der Waals surface area contributed by atoms with Crippen molar-refractivity contribution in [2.24, 2.45) is 0 Å². The lowest BCUT2D eigenvalue weighted by Gasteiger charge is -2.09. The Bertz CT molecular complexity index is 961. The van der Waals surface area contributed by atoms with E-state index in [1.807, 2.05) is 44.3 Å². The predicted molar refractivity (Wildman–Crippen MR) is 106 cm³/mol. The molecule has 0 saturated heterocycles. The van der Waals surface area contributed by atoms with Crippen molar-refractivity contribution in [1.82, 2.24) is 20.1 Å². The first-order valence-electron chi connectivity index (χ1n) is 9.64. The molecule has 27 heavy (non-hydrogen) atoms. The summed E-state index contributed by atoms with van der Waals surface area (Å²) in [4.78, 5) is 4.68. The van der Waals surface area contributed by atoms with E-state index in [2.05, 4.69) is 15.0 Å². The first-order valence-corrected chi connectivity index (χ1v) is 9.64. The normalized spacial score (nSPS) is 13.1. The highest BCUT2D eigenvalue weighted by atomic mass is 19.1. The van der Waals surface area contributed by atoms with Gasteiger partial charge < -0.3 is 5.32 Å². The van der Waals surface area contributed by atoms with Gasteiger partial charge in [-0.15, -0.1) is 0 Å². The molecule has 0 atom stereocenters. The second-order valence-corrected chi connectivity index (χ2v) is 7.17. The van der Waals surface area contributed by atoms with E-state index in [9.17, 15) is 4.39 Å². The molecule has 1 aromatic carbocycles. The van der Waals surface area contributed by atoms with Gasteiger partial charge in [-0.25, -0.2) is 4.39 Å². The molecule has 0 aliphatic carbocycles. The quantitative estimate of drug-likeness (QED) is 0.668. The number of rotatable bonds is 6. The number of fused-ring (bicyclic) bond motifs is 1. The van der Waals surface area contributed by atoms with E-state index in [4.69, 9.17) is 5.10 Å². The van der Waals surface area contributed by atoms with Crippen LogP contribution in [0.1, 0.15) is 29.8 Å². The van der Waals surface area contributed by atoms with E-state index in [1.165, 1.54) is 5.69 Å². The zero-order valence-electron chi connectivity index (χ0n) is 15.9. The van der Waals surface area contributed by atoms with Crippen LogP contribution in [0.3, 0.4) is 0 Å². The molecule has 4 rings (SSSR count). The summed E-state index contributed by atoms with van der Waals surface area (Å²) in [5.74, 6) is -0.131. The highest BCUT2D eigenvalue weighted by Gasteiger charge is 2.25. The van der Waals surface area contributed by atoms with Crippen LogP contribution in [-0.4, -0.2) is 28.4 Å². The van der Waals surface area contributed by atoms with Crippen LogP contribution in [0, 0.1) is 12.7 Å². The zero-order chi connectivity index (χ0) is 18.8. The van der Waals surface area contributed by atoms with E-state index in [0.717, 1.165) is 72.5 Å². The van der Waals surface area contributed by atoms with Crippen LogP contribution >= 0.6 is 0 Å². The van der Waals surface area contributed by atoms with Crippen LogP contribution in [0.5, 0.6) is 0 Å². The third-order valence-electron chi connectivity index (χ3n) is 5.18. The average molecular weight is 364 g/mol. The molecule has 1 aliphatic heterocycles. The standard InChI is InChI=1S/C22H25FN4/c1-15-6-3-8-19(25-15)22-21(20-9-5-13-27(20)26-22)17-10-11-18(23)16(14-17)7-4-12-24-2/h3,6,8,10-11,14,24H,4-5,7,9,12-13H2,1-2H3. The van der Waals surface area contributed by atoms with Gasteiger partial charge in [-0.2, -0.15) is 5.10 Å². The van der Waals surface area contributed by atoms with Gasteiger partial charge >= 0.3 is 0 Å². The van der Waals surface area contributed by atoms with Crippen LogP contribution in [0.4, 0.5) is 4.39 Å². The van der Waals surface area contributed by atoms with E-state index >= 15 is 0 Å². The highest BCUT2D eigenvalue weighted by molar-refractivity contribution is 5.82. The summed E-state index contributed by atoms with van der Waals surface area (Å²) >= 11 is 0. The number of halogens is 1. The summed E-state index contributed by atoms with van der Waals surface area (Å²) < 4.78 is 16.4. The Morgan fingerprint density at radius 3 is 2.93 bits per heavy atom. The lowest BCUT2D eigenvalue weighted by molar-refractivity contribution is 0.601. The van der Waals surface area contributed by atoms with E-state index in [0.29, 0.717) is 0 Å². The number of aromatic nitrogens is 3. The second-order valence-electron chi connectivity index (χ2n) is 7.17. The van der Waals surface area contributed by atoms with Gasteiger partial charge in [-0.05, 0) is 81.6 Å². The van der Waals surface area contributed by atoms with Gasteiger partial charge in [0, 0.05) is 23.5 Å². The predicted octanol–water partition coefficient (Wildman–Crippen LogP) is 4.16. The van der Waals surface area contributed by atoms with Crippen molar-refractivity contribution >= 4 is 0 Å². The Hall–Kier alpha value is -2.53. The van der Waals surface area contributed by atoms with Crippen LogP contribution in [0.25, 0.3) is 22.5 Å². The third-order valence-corrected chi connectivity index (χ3v) is 5.18. The van der Waals surface area contributed by atoms with Crippen molar-refractivity contribution in [1.29, 1.82) is 0 Å². The van der Waals surface area contributed by atoms with Crippen molar-refractivity contribution < 1.29 is 4.39 Å². The van der Waals surface area contributed by atoms with Crippen molar-refractivity contribution in [2.75, 3.05) is 13.6 Å². The monoisotopic (exact) mass is 364 g/mol. The van der Waals surface area contributed by atoms with Crippen LogP contribution < -0.4 is 5.32 Å². The summed E-state index contributed by atoms with van der Waals surface area (Å²) in [5, 5.41) is 7.98. The lowest BCUT2D eigenvalue weighted by Crippen LogP contribution is -2.08. The lowest BCUT2D eigenvalue weighted by atomic mass is 9.96. The molecule has 1 aliphatic rings. The number of nitrogens with zero attached hydrogens (tertiary/aromatic N) is 3. The molecule has 0 unspecified atom stereocenters. The number of benzene rings is 1. The molecule has 0 spiro atoms. The van der Waals surface area contributed by atoms with Crippen LogP contribution in [0.2, 0.25) is 0 Å². The SMILES string of the molecule is CNCCCc1cc(-c2c(-c3cccc(C)n3)nn3c2CCC3)ccc1F. The van der Waals surface area contributed by atoms with Gasteiger partial charge in [0.25, 0.3) is 0 Å². The van der Waals surface area contributed by atoms with Gasteiger partial charge in [-0.3, -0.25) is 9.67 Å². The van der Waals surface area contributed by atoms with Crippen LogP contribution in [-0.2, 0) is 19.4 Å². The number of hydrogen-bond donors (Lipinski definition) is 1. The number of nitrogens with one attached hydrogen (secondary N) is 1. The Morgan fingerprint density at radius 2 is 2.11 bits per heavy atom. The molecule has 2 aromatic heterocycles. The maximum Gasteiger partial charge on any atom is 0.126 e. The summed E-state index contributed by atoms with van der Waals surface area (Å²) in [5.41, 5.74) is 6.91. The van der Waals surface area contributed by atoms with Gasteiger partial charge in [0.15, 0.2) is 0 Å². The molecule has 0 saturated carbocycles. The molecule has 1 N–H and O–H groups in total. The maximum absolute atomic E-state index is 14.3. The summed E-state index contributed by atoms with van der Waals surface area (Å²) in [6.45, 7) is 3.81. The van der Waals surface area contributed by atoms with Crippen molar-refractivity contribution in [3.8, 4) is 22.5 Å². The molecule has 5 heteroatoms. The number of aryl methyl sites for hydroxylation is 3.